The summed E-state index contributed by atoms with van der Waals surface area (Å²) >= 11 is 0. The van der Waals surface area contributed by atoms with Crippen LogP contribution in [0.2, 0.25) is 0 Å². The standard InChI is InChI=1S/C12H17N5O4/c1-21-8-3-2-6-16(7-8)10-5-4-9(17(19)20)11(14-10)12(13)15-18/h4-5,8,18H,2-3,6-7H2,1H3,(H2,13,15). The fourth-order valence-electron chi connectivity index (χ4n) is 2.34. The third-order valence-electron chi connectivity index (χ3n) is 3.44. The van der Waals surface area contributed by atoms with E-state index < -0.39 is 4.92 Å². The van der Waals surface area contributed by atoms with Crippen molar-refractivity contribution in [2.45, 2.75) is 18.9 Å². The number of hydrogen-bond acceptors (Lipinski definition) is 7. The normalized spacial score (nSPS) is 19.6. The highest BCUT2D eigenvalue weighted by Crippen LogP contribution is 2.24. The number of methoxy groups -OCH3 is 1. The molecule has 1 fully saturated rings. The smallest absolute Gasteiger partial charge is 0.298 e. The third-order valence-corrected chi connectivity index (χ3v) is 3.44. The molecule has 3 N–H and O–H groups in total. The predicted octanol–water partition coefficient (Wildman–Crippen LogP) is 0.699. The zero-order valence-corrected chi connectivity index (χ0v) is 11.6. The van der Waals surface area contributed by atoms with Crippen molar-refractivity contribution < 1.29 is 14.9 Å². The minimum atomic E-state index is -0.613. The van der Waals surface area contributed by atoms with Crippen molar-refractivity contribution in [3.05, 3.63) is 27.9 Å². The van der Waals surface area contributed by atoms with Gasteiger partial charge in [0.15, 0.2) is 11.5 Å². The molecule has 1 unspecified atom stereocenters. The fourth-order valence-corrected chi connectivity index (χ4v) is 2.34. The maximum absolute atomic E-state index is 11.0. The van der Waals surface area contributed by atoms with Crippen LogP contribution in [-0.4, -0.2) is 47.3 Å². The zero-order chi connectivity index (χ0) is 15.4. The third kappa shape index (κ3) is 3.19. The van der Waals surface area contributed by atoms with E-state index in [4.69, 9.17) is 15.7 Å². The van der Waals surface area contributed by atoms with Gasteiger partial charge < -0.3 is 20.6 Å². The Morgan fingerprint density at radius 3 is 3.05 bits per heavy atom. The van der Waals surface area contributed by atoms with Gasteiger partial charge in [0.2, 0.25) is 0 Å². The number of nitro groups is 1. The lowest BCUT2D eigenvalue weighted by atomic mass is 10.1. The lowest BCUT2D eigenvalue weighted by Gasteiger charge is -2.32. The number of nitrogens with zero attached hydrogens (tertiary/aromatic N) is 4. The lowest BCUT2D eigenvalue weighted by Crippen LogP contribution is -2.40. The molecule has 0 amide bonds. The Bertz CT molecular complexity index is 563. The van der Waals surface area contributed by atoms with Crippen LogP contribution in [-0.2, 0) is 4.74 Å². The van der Waals surface area contributed by atoms with E-state index in [9.17, 15) is 10.1 Å². The Balaban J connectivity index is 2.35. The van der Waals surface area contributed by atoms with Gasteiger partial charge in [0.1, 0.15) is 5.82 Å². The van der Waals surface area contributed by atoms with Crippen molar-refractivity contribution >= 4 is 17.3 Å². The highest BCUT2D eigenvalue weighted by Gasteiger charge is 2.24. The van der Waals surface area contributed by atoms with Crippen LogP contribution in [0.3, 0.4) is 0 Å². The van der Waals surface area contributed by atoms with Gasteiger partial charge in [0, 0.05) is 26.3 Å². The van der Waals surface area contributed by atoms with Gasteiger partial charge in [-0.05, 0) is 18.9 Å². The van der Waals surface area contributed by atoms with Crippen LogP contribution in [0, 0.1) is 10.1 Å². The zero-order valence-electron chi connectivity index (χ0n) is 11.6. The maximum Gasteiger partial charge on any atom is 0.298 e. The van der Waals surface area contributed by atoms with Crippen LogP contribution in [0.25, 0.3) is 0 Å². The van der Waals surface area contributed by atoms with Gasteiger partial charge in [-0.1, -0.05) is 5.16 Å². The molecule has 1 aliphatic heterocycles. The van der Waals surface area contributed by atoms with Crippen LogP contribution >= 0.6 is 0 Å². The number of oxime groups is 1. The molecule has 9 heteroatoms. The summed E-state index contributed by atoms with van der Waals surface area (Å²) in [4.78, 5) is 16.5. The SMILES string of the molecule is COC1CCCN(c2ccc([N+](=O)[O-])c(/C(N)=N/O)n2)C1. The first kappa shape index (κ1) is 15.0. The molecule has 1 aromatic heterocycles. The van der Waals surface area contributed by atoms with E-state index in [2.05, 4.69) is 10.1 Å². The predicted molar refractivity (Wildman–Crippen MR) is 75.6 cm³/mol. The summed E-state index contributed by atoms with van der Waals surface area (Å²) in [5.41, 5.74) is 5.04. The van der Waals surface area contributed by atoms with Crippen LogP contribution in [0.5, 0.6) is 0 Å². The molecule has 2 heterocycles. The van der Waals surface area contributed by atoms with E-state index in [1.165, 1.54) is 6.07 Å². The first-order valence-corrected chi connectivity index (χ1v) is 6.48. The van der Waals surface area contributed by atoms with Gasteiger partial charge in [0.05, 0.1) is 11.0 Å². The Morgan fingerprint density at radius 2 is 2.43 bits per heavy atom. The summed E-state index contributed by atoms with van der Waals surface area (Å²) < 4.78 is 5.34. The number of hydrogen-bond donors (Lipinski definition) is 2. The average Bonchev–Trinajstić information content (AvgIpc) is 2.53. The highest BCUT2D eigenvalue weighted by molar-refractivity contribution is 5.99. The lowest BCUT2D eigenvalue weighted by molar-refractivity contribution is -0.385. The van der Waals surface area contributed by atoms with Crippen LogP contribution in [0.4, 0.5) is 11.5 Å². The number of ether oxygens (including phenoxy) is 1. The number of aromatic nitrogens is 1. The molecular formula is C12H17N5O4. The second-order valence-corrected chi connectivity index (χ2v) is 4.73. The summed E-state index contributed by atoms with van der Waals surface area (Å²) in [7, 11) is 1.65. The Labute approximate surface area is 121 Å². The minimum Gasteiger partial charge on any atom is -0.409 e. The minimum absolute atomic E-state index is 0.100. The molecule has 1 aliphatic rings. The number of pyridine rings is 1. The maximum atomic E-state index is 11.0. The molecule has 0 spiro atoms. The molecule has 0 aliphatic carbocycles. The summed E-state index contributed by atoms with van der Waals surface area (Å²) in [6, 6.07) is 2.87. The van der Waals surface area contributed by atoms with Crippen molar-refractivity contribution in [3.63, 3.8) is 0 Å². The number of rotatable bonds is 4. The number of anilines is 1. The largest absolute Gasteiger partial charge is 0.409 e. The topological polar surface area (TPSA) is 127 Å². The van der Waals surface area contributed by atoms with Gasteiger partial charge in [-0.25, -0.2) is 4.98 Å². The monoisotopic (exact) mass is 295 g/mol. The average molecular weight is 295 g/mol. The summed E-state index contributed by atoms with van der Waals surface area (Å²) in [6.07, 6.45) is 2.01. The Kier molecular flexibility index (Phi) is 4.53. The number of amidine groups is 1. The summed E-state index contributed by atoms with van der Waals surface area (Å²) in [5, 5.41) is 22.5. The van der Waals surface area contributed by atoms with Crippen molar-refractivity contribution in [1.29, 1.82) is 0 Å². The molecule has 1 aromatic rings. The number of piperidine rings is 1. The van der Waals surface area contributed by atoms with Crippen molar-refractivity contribution in [2.75, 3.05) is 25.1 Å². The van der Waals surface area contributed by atoms with E-state index in [0.29, 0.717) is 12.4 Å². The van der Waals surface area contributed by atoms with Gasteiger partial charge >= 0.3 is 0 Å². The molecule has 114 valence electrons. The Hall–Kier alpha value is -2.42. The molecule has 2 rings (SSSR count). The summed E-state index contributed by atoms with van der Waals surface area (Å²) in [5.74, 6) is 0.160. The molecule has 0 aromatic carbocycles. The molecule has 0 bridgehead atoms. The quantitative estimate of drug-likeness (QED) is 0.275. The Morgan fingerprint density at radius 1 is 1.67 bits per heavy atom. The summed E-state index contributed by atoms with van der Waals surface area (Å²) in [6.45, 7) is 1.43. The van der Waals surface area contributed by atoms with Gasteiger partial charge in [-0.3, -0.25) is 10.1 Å². The van der Waals surface area contributed by atoms with Crippen LogP contribution in [0.1, 0.15) is 18.5 Å². The fraction of sp³-hybridized carbons (Fsp3) is 0.500. The van der Waals surface area contributed by atoms with Gasteiger partial charge in [0.25, 0.3) is 5.69 Å². The molecule has 21 heavy (non-hydrogen) atoms. The van der Waals surface area contributed by atoms with E-state index in [1.807, 2.05) is 4.90 Å². The van der Waals surface area contributed by atoms with Crippen molar-refractivity contribution in [1.82, 2.24) is 4.98 Å². The van der Waals surface area contributed by atoms with E-state index in [1.54, 1.807) is 13.2 Å². The second kappa shape index (κ2) is 6.35. The van der Waals surface area contributed by atoms with Gasteiger partial charge in [-0.15, -0.1) is 0 Å². The van der Waals surface area contributed by atoms with Crippen LogP contribution < -0.4 is 10.6 Å². The molecule has 1 atom stereocenters. The first-order chi connectivity index (χ1) is 10.1. The van der Waals surface area contributed by atoms with E-state index in [0.717, 1.165) is 19.4 Å². The molecule has 9 nitrogen and oxygen atoms in total. The highest BCUT2D eigenvalue weighted by atomic mass is 16.6. The van der Waals surface area contributed by atoms with Gasteiger partial charge in [-0.2, -0.15) is 0 Å². The first-order valence-electron chi connectivity index (χ1n) is 6.48. The van der Waals surface area contributed by atoms with E-state index >= 15 is 0 Å². The van der Waals surface area contributed by atoms with Crippen LogP contribution in [0.15, 0.2) is 17.3 Å². The molecule has 0 radical (unpaired) electrons. The molecule has 1 saturated heterocycles. The van der Waals surface area contributed by atoms with Crippen molar-refractivity contribution in [2.24, 2.45) is 10.9 Å². The van der Waals surface area contributed by atoms with E-state index in [-0.39, 0.29) is 23.3 Å². The number of nitrogens with two attached hydrogens (primary N) is 1. The second-order valence-electron chi connectivity index (χ2n) is 4.73. The molecular weight excluding hydrogens is 278 g/mol. The molecule has 0 saturated carbocycles. The van der Waals surface area contributed by atoms with Crippen molar-refractivity contribution in [3.8, 4) is 0 Å².